The molecule has 0 aromatic heterocycles. The Morgan fingerprint density at radius 1 is 0.500 bits per heavy atom. The fourth-order valence-corrected chi connectivity index (χ4v) is 7.30. The molecule has 198 valence electrons. The number of allylic oxidation sites excluding steroid dienone is 1. The molecule has 1 atom stereocenters. The standard InChI is InChI=1S/C42H30/c1-28(2)30-13-12-14-31(27-30)29-23-25-33(26-24-29)42(32-15-4-3-5-16-32)39-22-11-10-21-38(39)40-36-19-8-6-17-34(36)35-18-7-9-20-37(35)41(40)42/h3-27H,1H2,2H3. The number of hydrogen-bond acceptors (Lipinski definition) is 0. The molecular weight excluding hydrogens is 504 g/mol. The highest BCUT2D eigenvalue weighted by molar-refractivity contribution is 6.19. The Morgan fingerprint density at radius 3 is 1.83 bits per heavy atom. The van der Waals surface area contributed by atoms with Gasteiger partial charge in [-0.3, -0.25) is 0 Å². The van der Waals surface area contributed by atoms with Crippen LogP contribution < -0.4 is 0 Å². The third kappa shape index (κ3) is 3.42. The first-order valence-corrected chi connectivity index (χ1v) is 14.6. The molecule has 0 bridgehead atoms. The largest absolute Gasteiger partial charge is 0.0955 e. The highest BCUT2D eigenvalue weighted by atomic mass is 14.5. The van der Waals surface area contributed by atoms with Gasteiger partial charge in [0, 0.05) is 0 Å². The molecule has 0 saturated heterocycles. The van der Waals surface area contributed by atoms with Crippen LogP contribution in [0, 0.1) is 0 Å². The van der Waals surface area contributed by atoms with E-state index in [-0.39, 0.29) is 0 Å². The first-order valence-electron chi connectivity index (χ1n) is 14.6. The Hall–Kier alpha value is -5.20. The third-order valence-corrected chi connectivity index (χ3v) is 9.12. The molecule has 0 spiro atoms. The van der Waals surface area contributed by atoms with E-state index in [9.17, 15) is 0 Å². The van der Waals surface area contributed by atoms with E-state index in [0.29, 0.717) is 0 Å². The Balaban J connectivity index is 1.49. The summed E-state index contributed by atoms with van der Waals surface area (Å²) < 4.78 is 0. The SMILES string of the molecule is C=C(C)c1cccc(-c2ccc(C3(c4ccccc4)c4ccccc4-c4c3c3ccccc3c3ccccc43)cc2)c1. The summed E-state index contributed by atoms with van der Waals surface area (Å²) in [6.45, 7) is 6.22. The average molecular weight is 535 g/mol. The lowest BCUT2D eigenvalue weighted by Gasteiger charge is -2.35. The van der Waals surface area contributed by atoms with Gasteiger partial charge in [-0.15, -0.1) is 0 Å². The fourth-order valence-electron chi connectivity index (χ4n) is 7.30. The predicted octanol–water partition coefficient (Wildman–Crippen LogP) is 11.1. The van der Waals surface area contributed by atoms with Crippen molar-refractivity contribution in [3.63, 3.8) is 0 Å². The molecule has 1 aliphatic rings. The Morgan fingerprint density at radius 2 is 1.10 bits per heavy atom. The van der Waals surface area contributed by atoms with Crippen LogP contribution in [0.1, 0.15) is 34.7 Å². The maximum absolute atomic E-state index is 4.16. The molecule has 0 saturated carbocycles. The van der Waals surface area contributed by atoms with E-state index in [1.54, 1.807) is 0 Å². The lowest BCUT2D eigenvalue weighted by molar-refractivity contribution is 0.776. The van der Waals surface area contributed by atoms with Gasteiger partial charge in [0.2, 0.25) is 0 Å². The molecule has 8 rings (SSSR count). The van der Waals surface area contributed by atoms with Gasteiger partial charge >= 0.3 is 0 Å². The van der Waals surface area contributed by atoms with Crippen LogP contribution in [-0.2, 0) is 5.41 Å². The van der Waals surface area contributed by atoms with Crippen LogP contribution in [0.4, 0.5) is 0 Å². The number of hydrogen-bond donors (Lipinski definition) is 0. The summed E-state index contributed by atoms with van der Waals surface area (Å²) in [6.07, 6.45) is 0. The maximum atomic E-state index is 4.16. The van der Waals surface area contributed by atoms with Crippen LogP contribution in [0.25, 0.3) is 49.4 Å². The monoisotopic (exact) mass is 534 g/mol. The van der Waals surface area contributed by atoms with Gasteiger partial charge in [0.25, 0.3) is 0 Å². The van der Waals surface area contributed by atoms with Gasteiger partial charge in [-0.1, -0.05) is 158 Å². The Kier molecular flexibility index (Phi) is 5.52. The number of benzene rings is 7. The van der Waals surface area contributed by atoms with Crippen molar-refractivity contribution in [1.29, 1.82) is 0 Å². The lowest BCUT2D eigenvalue weighted by Crippen LogP contribution is -2.28. The van der Waals surface area contributed by atoms with Crippen molar-refractivity contribution < 1.29 is 0 Å². The second-order valence-corrected chi connectivity index (χ2v) is 11.4. The molecule has 0 amide bonds. The zero-order valence-corrected chi connectivity index (χ0v) is 23.6. The summed E-state index contributed by atoms with van der Waals surface area (Å²) in [4.78, 5) is 0. The molecular formula is C42H30. The van der Waals surface area contributed by atoms with Crippen molar-refractivity contribution >= 4 is 27.1 Å². The highest BCUT2D eigenvalue weighted by Crippen LogP contribution is 2.60. The summed E-state index contributed by atoms with van der Waals surface area (Å²) in [5, 5.41) is 5.22. The van der Waals surface area contributed by atoms with E-state index in [2.05, 4.69) is 165 Å². The molecule has 0 radical (unpaired) electrons. The molecule has 0 nitrogen and oxygen atoms in total. The normalized spacial score (nSPS) is 15.5. The van der Waals surface area contributed by atoms with Crippen LogP contribution in [0.3, 0.4) is 0 Å². The van der Waals surface area contributed by atoms with Crippen LogP contribution in [0.2, 0.25) is 0 Å². The first kappa shape index (κ1) is 24.6. The summed E-state index contributed by atoms with van der Waals surface area (Å²) in [5.74, 6) is 0. The maximum Gasteiger partial charge on any atom is 0.0719 e. The van der Waals surface area contributed by atoms with Gasteiger partial charge in [-0.25, -0.2) is 0 Å². The van der Waals surface area contributed by atoms with Gasteiger partial charge in [0.05, 0.1) is 5.41 Å². The average Bonchev–Trinajstić information content (AvgIpc) is 3.38. The molecule has 0 heteroatoms. The topological polar surface area (TPSA) is 0 Å². The smallest absolute Gasteiger partial charge is 0.0719 e. The first-order chi connectivity index (χ1) is 20.7. The fraction of sp³-hybridized carbons (Fsp3) is 0.0476. The van der Waals surface area contributed by atoms with Crippen LogP contribution in [0.5, 0.6) is 0 Å². The van der Waals surface area contributed by atoms with E-state index in [1.165, 1.54) is 71.6 Å². The quantitative estimate of drug-likeness (QED) is 0.197. The van der Waals surface area contributed by atoms with Gasteiger partial charge in [0.15, 0.2) is 0 Å². The minimum atomic E-state index is -0.463. The Labute approximate surface area is 247 Å². The third-order valence-electron chi connectivity index (χ3n) is 9.12. The van der Waals surface area contributed by atoms with Crippen LogP contribution >= 0.6 is 0 Å². The molecule has 7 aromatic rings. The summed E-state index contributed by atoms with van der Waals surface area (Å²) in [7, 11) is 0. The van der Waals surface area contributed by atoms with Gasteiger partial charge in [-0.2, -0.15) is 0 Å². The zero-order chi connectivity index (χ0) is 28.3. The molecule has 0 N–H and O–H groups in total. The minimum absolute atomic E-state index is 0.463. The summed E-state index contributed by atoms with van der Waals surface area (Å²) in [6, 6.07) is 56.0. The van der Waals surface area contributed by atoms with Gasteiger partial charge in [0.1, 0.15) is 0 Å². The van der Waals surface area contributed by atoms with Gasteiger partial charge in [-0.05, 0) is 84.6 Å². The van der Waals surface area contributed by atoms with Crippen molar-refractivity contribution in [2.24, 2.45) is 0 Å². The van der Waals surface area contributed by atoms with E-state index < -0.39 is 5.41 Å². The molecule has 1 unspecified atom stereocenters. The van der Waals surface area contributed by atoms with Crippen molar-refractivity contribution in [3.8, 4) is 22.3 Å². The second-order valence-electron chi connectivity index (χ2n) is 11.4. The second kappa shape index (κ2) is 9.43. The predicted molar refractivity (Wildman–Crippen MR) is 179 cm³/mol. The molecule has 0 fully saturated rings. The van der Waals surface area contributed by atoms with E-state index in [4.69, 9.17) is 0 Å². The molecule has 0 aliphatic heterocycles. The zero-order valence-electron chi connectivity index (χ0n) is 23.6. The summed E-state index contributed by atoms with van der Waals surface area (Å²) >= 11 is 0. The molecule has 1 aliphatic carbocycles. The van der Waals surface area contributed by atoms with E-state index in [1.807, 2.05) is 0 Å². The molecule has 0 heterocycles. The molecule has 42 heavy (non-hydrogen) atoms. The van der Waals surface area contributed by atoms with E-state index >= 15 is 0 Å². The van der Waals surface area contributed by atoms with Crippen molar-refractivity contribution in [2.45, 2.75) is 12.3 Å². The summed E-state index contributed by atoms with van der Waals surface area (Å²) in [5.41, 5.74) is 12.1. The van der Waals surface area contributed by atoms with Crippen molar-refractivity contribution in [2.75, 3.05) is 0 Å². The number of fused-ring (bicyclic) bond motifs is 8. The van der Waals surface area contributed by atoms with E-state index in [0.717, 1.165) is 5.57 Å². The van der Waals surface area contributed by atoms with Crippen molar-refractivity contribution in [3.05, 3.63) is 186 Å². The minimum Gasteiger partial charge on any atom is -0.0955 e. The highest BCUT2D eigenvalue weighted by Gasteiger charge is 2.47. The van der Waals surface area contributed by atoms with Crippen LogP contribution in [0.15, 0.2) is 158 Å². The van der Waals surface area contributed by atoms with Crippen LogP contribution in [-0.4, -0.2) is 0 Å². The number of rotatable bonds is 4. The lowest BCUT2D eigenvalue weighted by atomic mass is 9.66. The van der Waals surface area contributed by atoms with Crippen molar-refractivity contribution in [1.82, 2.24) is 0 Å². The van der Waals surface area contributed by atoms with Gasteiger partial charge < -0.3 is 0 Å². The molecule has 7 aromatic carbocycles. The Bertz CT molecular complexity index is 2150.